The first-order valence-electron chi connectivity index (χ1n) is 4.38. The van der Waals surface area contributed by atoms with Crippen LogP contribution in [0.4, 0.5) is 0 Å². The Morgan fingerprint density at radius 3 is 3.08 bits per heavy atom. The highest BCUT2D eigenvalue weighted by Gasteiger charge is 2.29. The first-order valence-corrected chi connectivity index (χ1v) is 4.38. The minimum absolute atomic E-state index is 0.260. The van der Waals surface area contributed by atoms with Crippen molar-refractivity contribution in [3.63, 3.8) is 0 Å². The van der Waals surface area contributed by atoms with Gasteiger partial charge in [-0.2, -0.15) is 0 Å². The van der Waals surface area contributed by atoms with Crippen molar-refractivity contribution >= 4 is 5.78 Å². The van der Waals surface area contributed by atoms with Gasteiger partial charge >= 0.3 is 0 Å². The Balaban J connectivity index is 2.28. The third-order valence-electron chi connectivity index (χ3n) is 2.31. The number of ketones is 1. The molecule has 12 heavy (non-hydrogen) atoms. The van der Waals surface area contributed by atoms with Gasteiger partial charge in [-0.25, -0.2) is 0 Å². The summed E-state index contributed by atoms with van der Waals surface area (Å²) in [6, 6.07) is 0. The summed E-state index contributed by atoms with van der Waals surface area (Å²) in [7, 11) is 0. The molecule has 2 N–H and O–H groups in total. The fourth-order valence-electron chi connectivity index (χ4n) is 1.69. The van der Waals surface area contributed by atoms with Crippen molar-refractivity contribution in [2.24, 2.45) is 0 Å². The van der Waals surface area contributed by atoms with Gasteiger partial charge in [0.2, 0.25) is 0 Å². The van der Waals surface area contributed by atoms with E-state index in [2.05, 4.69) is 11.0 Å². The summed E-state index contributed by atoms with van der Waals surface area (Å²) in [4.78, 5) is 11.5. The van der Waals surface area contributed by atoms with Crippen LogP contribution in [0.15, 0.2) is 11.4 Å². The first kappa shape index (κ1) is 7.61. The van der Waals surface area contributed by atoms with Crippen LogP contribution in [0.3, 0.4) is 0 Å². The second-order valence-corrected chi connectivity index (χ2v) is 3.08. The van der Waals surface area contributed by atoms with Crippen LogP contribution >= 0.6 is 0 Å². The Bertz CT molecular complexity index is 247. The number of likely N-dealkylation sites (N-methyl/N-ethyl adjacent to an activating group) is 1. The molecule has 0 amide bonds. The second-order valence-electron chi connectivity index (χ2n) is 3.08. The van der Waals surface area contributed by atoms with Gasteiger partial charge in [-0.1, -0.05) is 0 Å². The molecule has 0 aromatic carbocycles. The minimum atomic E-state index is 0.260. The molecule has 66 valence electrons. The Morgan fingerprint density at radius 2 is 2.33 bits per heavy atom. The minimum Gasteiger partial charge on any atom is -0.306 e. The molecule has 0 fully saturated rings. The quantitative estimate of drug-likeness (QED) is 0.589. The third-order valence-corrected chi connectivity index (χ3v) is 2.31. The van der Waals surface area contributed by atoms with Gasteiger partial charge in [0.1, 0.15) is 5.70 Å². The number of Topliss-reactive ketones (excluding diaryl/α,β-unsaturated/α-hetero) is 1. The average Bonchev–Trinajstić information content (AvgIpc) is 2.49. The summed E-state index contributed by atoms with van der Waals surface area (Å²) in [6.45, 7) is 2.84. The molecule has 0 saturated heterocycles. The summed E-state index contributed by atoms with van der Waals surface area (Å²) in [5.41, 5.74) is 7.91. The predicted molar refractivity (Wildman–Crippen MR) is 44.5 cm³/mol. The van der Waals surface area contributed by atoms with Crippen molar-refractivity contribution in [2.75, 3.05) is 6.54 Å². The van der Waals surface area contributed by atoms with Crippen molar-refractivity contribution in [3.05, 3.63) is 11.4 Å². The Hall–Kier alpha value is -1.03. The van der Waals surface area contributed by atoms with Crippen molar-refractivity contribution in [1.29, 1.82) is 0 Å². The maximum Gasteiger partial charge on any atom is 0.182 e. The van der Waals surface area contributed by atoms with E-state index in [0.29, 0.717) is 6.42 Å². The molecule has 0 radical (unpaired) electrons. The van der Waals surface area contributed by atoms with Crippen LogP contribution in [0.2, 0.25) is 0 Å². The predicted octanol–water partition coefficient (Wildman–Crippen LogP) is 0.296. The lowest BCUT2D eigenvalue weighted by molar-refractivity contribution is -0.117. The summed E-state index contributed by atoms with van der Waals surface area (Å²) in [6.07, 6.45) is 2.66. The van der Waals surface area contributed by atoms with E-state index in [1.54, 1.807) is 0 Å². The van der Waals surface area contributed by atoms with E-state index in [0.717, 1.165) is 30.8 Å². The Kier molecular flexibility index (Phi) is 1.77. The topological polar surface area (TPSA) is 44.4 Å². The van der Waals surface area contributed by atoms with E-state index < -0.39 is 0 Å². The number of carbonyl (C=O) groups excluding carboxylic acids is 1. The van der Waals surface area contributed by atoms with E-state index >= 15 is 0 Å². The van der Waals surface area contributed by atoms with E-state index in [9.17, 15) is 4.79 Å². The number of hydrazine groups is 2. The molecule has 2 aliphatic rings. The zero-order valence-electron chi connectivity index (χ0n) is 7.18. The zero-order valence-corrected chi connectivity index (χ0v) is 7.18. The van der Waals surface area contributed by atoms with Crippen molar-refractivity contribution in [2.45, 2.75) is 26.2 Å². The molecular formula is C8H13N3O. The van der Waals surface area contributed by atoms with Gasteiger partial charge in [0.25, 0.3) is 0 Å². The highest BCUT2D eigenvalue weighted by Crippen LogP contribution is 2.24. The molecule has 0 saturated carbocycles. The first-order chi connectivity index (χ1) is 5.83. The van der Waals surface area contributed by atoms with E-state index in [1.807, 2.05) is 11.9 Å². The van der Waals surface area contributed by atoms with Crippen LogP contribution in [0.1, 0.15) is 26.2 Å². The number of nitrogens with one attached hydrogen (secondary N) is 2. The van der Waals surface area contributed by atoms with Gasteiger partial charge in [0.05, 0.1) is 5.70 Å². The standard InChI is InChI=1S/C8H13N3O/c1-2-11-8-6(9-10-11)4-3-5-7(8)12/h9-10H,2-5H2,1H3. The average molecular weight is 167 g/mol. The summed E-state index contributed by atoms with van der Waals surface area (Å²) < 4.78 is 0. The molecular weight excluding hydrogens is 154 g/mol. The number of hydrogen-bond acceptors (Lipinski definition) is 4. The Labute approximate surface area is 71.6 Å². The maximum absolute atomic E-state index is 11.5. The molecule has 2 rings (SSSR count). The highest BCUT2D eigenvalue weighted by molar-refractivity contribution is 5.96. The molecule has 1 aliphatic heterocycles. The number of hydrogen-bond donors (Lipinski definition) is 2. The van der Waals surface area contributed by atoms with Crippen LogP contribution in [0, 0.1) is 0 Å². The van der Waals surface area contributed by atoms with E-state index in [4.69, 9.17) is 0 Å². The number of nitrogens with zero attached hydrogens (tertiary/aromatic N) is 1. The maximum atomic E-state index is 11.5. The molecule has 4 nitrogen and oxygen atoms in total. The van der Waals surface area contributed by atoms with Crippen molar-refractivity contribution in [1.82, 2.24) is 16.0 Å². The van der Waals surface area contributed by atoms with Crippen LogP contribution in [0.25, 0.3) is 0 Å². The van der Waals surface area contributed by atoms with Gasteiger partial charge < -0.3 is 5.43 Å². The van der Waals surface area contributed by atoms with Crippen molar-refractivity contribution < 1.29 is 4.79 Å². The third kappa shape index (κ3) is 0.992. The molecule has 0 bridgehead atoms. The highest BCUT2D eigenvalue weighted by atomic mass is 16.1. The molecule has 1 heterocycles. The van der Waals surface area contributed by atoms with Gasteiger partial charge in [-0.3, -0.25) is 9.80 Å². The van der Waals surface area contributed by atoms with E-state index in [1.165, 1.54) is 0 Å². The van der Waals surface area contributed by atoms with Gasteiger partial charge in [-0.05, 0) is 19.8 Å². The monoisotopic (exact) mass is 167 g/mol. The zero-order chi connectivity index (χ0) is 8.55. The van der Waals surface area contributed by atoms with Crippen LogP contribution in [-0.2, 0) is 4.79 Å². The SMILES string of the molecule is CCN1NNC2=C1C(=O)CCC2. The van der Waals surface area contributed by atoms with Crippen LogP contribution < -0.4 is 11.0 Å². The molecule has 0 aromatic heterocycles. The molecule has 0 atom stereocenters. The molecule has 0 spiro atoms. The lowest BCUT2D eigenvalue weighted by Gasteiger charge is -2.18. The summed E-state index contributed by atoms with van der Waals surface area (Å²) in [5.74, 6) is 0.260. The molecule has 1 aliphatic carbocycles. The molecule has 0 unspecified atom stereocenters. The fourth-order valence-corrected chi connectivity index (χ4v) is 1.69. The number of rotatable bonds is 1. The van der Waals surface area contributed by atoms with Crippen LogP contribution in [0.5, 0.6) is 0 Å². The number of carbonyl (C=O) groups is 1. The summed E-state index contributed by atoms with van der Waals surface area (Å²) >= 11 is 0. The lowest BCUT2D eigenvalue weighted by atomic mass is 10.0. The fraction of sp³-hybridized carbons (Fsp3) is 0.625. The largest absolute Gasteiger partial charge is 0.306 e. The van der Waals surface area contributed by atoms with Gasteiger partial charge in [0, 0.05) is 13.0 Å². The smallest absolute Gasteiger partial charge is 0.182 e. The Morgan fingerprint density at radius 1 is 1.50 bits per heavy atom. The summed E-state index contributed by atoms with van der Waals surface area (Å²) in [5, 5.41) is 1.87. The molecule has 4 heteroatoms. The van der Waals surface area contributed by atoms with Gasteiger partial charge in [0.15, 0.2) is 5.78 Å². The lowest BCUT2D eigenvalue weighted by Crippen LogP contribution is -2.38. The normalized spacial score (nSPS) is 22.8. The van der Waals surface area contributed by atoms with E-state index in [-0.39, 0.29) is 5.78 Å². The second kappa shape index (κ2) is 2.79. The van der Waals surface area contributed by atoms with Crippen molar-refractivity contribution in [3.8, 4) is 0 Å². The molecule has 0 aromatic rings. The van der Waals surface area contributed by atoms with Gasteiger partial charge in [-0.15, -0.1) is 5.53 Å². The van der Waals surface area contributed by atoms with Crippen LogP contribution in [-0.4, -0.2) is 17.3 Å². The number of allylic oxidation sites excluding steroid dienone is 2.